The Morgan fingerprint density at radius 2 is 1.02 bits per heavy atom. The maximum absolute atomic E-state index is 12.5. The molecule has 0 saturated carbocycles. The SMILES string of the molecule is CCCCCCCCCCCCCC(=O)OC[C@H](COP(=O)(O)OCCN)OC(=O)CCCCCCCCC(O)CCCCCCCC. The van der Waals surface area contributed by atoms with Crippen LogP contribution in [0, 0.1) is 0 Å². The van der Waals surface area contributed by atoms with Crippen LogP contribution in [0.25, 0.3) is 0 Å². The molecule has 11 heteroatoms. The number of phosphoric ester groups is 1. The number of phosphoric acid groups is 1. The second-order valence-electron chi connectivity index (χ2n) is 13.3. The van der Waals surface area contributed by atoms with Crippen molar-refractivity contribution in [1.29, 1.82) is 0 Å². The molecule has 286 valence electrons. The number of aliphatic hydroxyl groups is 1. The van der Waals surface area contributed by atoms with Gasteiger partial charge >= 0.3 is 19.8 Å². The van der Waals surface area contributed by atoms with Gasteiger partial charge in [0.1, 0.15) is 6.61 Å². The van der Waals surface area contributed by atoms with Crippen molar-refractivity contribution in [2.24, 2.45) is 5.73 Å². The number of hydrogen-bond acceptors (Lipinski definition) is 9. The average molecular weight is 708 g/mol. The lowest BCUT2D eigenvalue weighted by Crippen LogP contribution is -2.29. The third-order valence-electron chi connectivity index (χ3n) is 8.57. The molecule has 0 aromatic rings. The van der Waals surface area contributed by atoms with Gasteiger partial charge in [-0.2, -0.15) is 0 Å². The van der Waals surface area contributed by atoms with Crippen LogP contribution in [0.15, 0.2) is 0 Å². The summed E-state index contributed by atoms with van der Waals surface area (Å²) in [5, 5.41) is 10.2. The molecular formula is C37H74NO9P. The van der Waals surface area contributed by atoms with E-state index < -0.39 is 32.5 Å². The van der Waals surface area contributed by atoms with E-state index in [4.69, 9.17) is 24.3 Å². The average Bonchev–Trinajstić information content (AvgIpc) is 3.06. The first-order valence-corrected chi connectivity index (χ1v) is 21.1. The molecule has 0 aliphatic carbocycles. The largest absolute Gasteiger partial charge is 0.472 e. The summed E-state index contributed by atoms with van der Waals surface area (Å²) in [6.07, 6.45) is 27.1. The minimum Gasteiger partial charge on any atom is -0.462 e. The predicted molar refractivity (Wildman–Crippen MR) is 194 cm³/mol. The zero-order valence-corrected chi connectivity index (χ0v) is 31.7. The van der Waals surface area contributed by atoms with Gasteiger partial charge in [0.05, 0.1) is 19.3 Å². The minimum atomic E-state index is -4.38. The summed E-state index contributed by atoms with van der Waals surface area (Å²) in [6.45, 7) is 3.63. The first-order chi connectivity index (χ1) is 23.2. The smallest absolute Gasteiger partial charge is 0.462 e. The summed E-state index contributed by atoms with van der Waals surface area (Å²) in [6, 6.07) is 0. The number of unbranched alkanes of at least 4 members (excludes halogenated alkanes) is 20. The van der Waals surface area contributed by atoms with E-state index in [9.17, 15) is 24.2 Å². The lowest BCUT2D eigenvalue weighted by molar-refractivity contribution is -0.161. The predicted octanol–water partition coefficient (Wildman–Crippen LogP) is 9.47. The van der Waals surface area contributed by atoms with E-state index in [-0.39, 0.29) is 38.7 Å². The topological polar surface area (TPSA) is 155 Å². The second-order valence-corrected chi connectivity index (χ2v) is 14.8. The Labute approximate surface area is 293 Å². The molecule has 0 fully saturated rings. The molecule has 0 radical (unpaired) electrons. The van der Waals surface area contributed by atoms with Crippen LogP contribution in [0.5, 0.6) is 0 Å². The van der Waals surface area contributed by atoms with Crippen LogP contribution in [0.2, 0.25) is 0 Å². The molecule has 0 rings (SSSR count). The van der Waals surface area contributed by atoms with Crippen LogP contribution in [0.1, 0.15) is 187 Å². The van der Waals surface area contributed by atoms with Crippen LogP contribution in [0.3, 0.4) is 0 Å². The van der Waals surface area contributed by atoms with Crippen LogP contribution in [0.4, 0.5) is 0 Å². The Morgan fingerprint density at radius 1 is 0.604 bits per heavy atom. The van der Waals surface area contributed by atoms with Gasteiger partial charge in [-0.1, -0.05) is 149 Å². The number of rotatable bonds is 37. The van der Waals surface area contributed by atoms with Crippen molar-refractivity contribution in [3.63, 3.8) is 0 Å². The van der Waals surface area contributed by atoms with Crippen LogP contribution in [-0.4, -0.2) is 60.5 Å². The molecule has 4 N–H and O–H groups in total. The summed E-state index contributed by atoms with van der Waals surface area (Å²) < 4.78 is 32.6. The lowest BCUT2D eigenvalue weighted by atomic mass is 10.0. The fraction of sp³-hybridized carbons (Fsp3) is 0.946. The maximum Gasteiger partial charge on any atom is 0.472 e. The fourth-order valence-electron chi connectivity index (χ4n) is 5.60. The Balaban J connectivity index is 4.23. The van der Waals surface area contributed by atoms with Gasteiger partial charge in [0.2, 0.25) is 0 Å². The molecule has 10 nitrogen and oxygen atoms in total. The summed E-state index contributed by atoms with van der Waals surface area (Å²) >= 11 is 0. The van der Waals surface area contributed by atoms with Gasteiger partial charge in [-0.3, -0.25) is 18.6 Å². The van der Waals surface area contributed by atoms with Gasteiger partial charge in [0, 0.05) is 19.4 Å². The van der Waals surface area contributed by atoms with E-state index in [0.717, 1.165) is 70.6 Å². The molecule has 0 heterocycles. The van der Waals surface area contributed by atoms with Crippen LogP contribution >= 0.6 is 7.82 Å². The van der Waals surface area contributed by atoms with Gasteiger partial charge in [0.25, 0.3) is 0 Å². The van der Waals surface area contributed by atoms with Crippen molar-refractivity contribution in [1.82, 2.24) is 0 Å². The van der Waals surface area contributed by atoms with E-state index >= 15 is 0 Å². The zero-order chi connectivity index (χ0) is 35.6. The van der Waals surface area contributed by atoms with E-state index in [1.165, 1.54) is 83.5 Å². The first kappa shape index (κ1) is 47.0. The number of aliphatic hydroxyl groups excluding tert-OH is 1. The Bertz CT molecular complexity index is 786. The number of carbonyl (C=O) groups excluding carboxylic acids is 2. The normalized spacial score (nSPS) is 14.0. The molecular weight excluding hydrogens is 633 g/mol. The number of carbonyl (C=O) groups is 2. The van der Waals surface area contributed by atoms with E-state index in [2.05, 4.69) is 13.8 Å². The molecule has 0 saturated heterocycles. The third-order valence-corrected chi connectivity index (χ3v) is 9.55. The summed E-state index contributed by atoms with van der Waals surface area (Å²) in [4.78, 5) is 34.7. The Morgan fingerprint density at radius 3 is 1.48 bits per heavy atom. The molecule has 0 aliphatic rings. The Kier molecular flexibility index (Phi) is 33.7. The number of esters is 2. The van der Waals surface area contributed by atoms with Crippen molar-refractivity contribution >= 4 is 19.8 Å². The Hall–Kier alpha value is -1.03. The molecule has 2 unspecified atom stereocenters. The second kappa shape index (κ2) is 34.4. The molecule has 3 atom stereocenters. The van der Waals surface area contributed by atoms with Gasteiger partial charge in [-0.25, -0.2) is 4.57 Å². The molecule has 48 heavy (non-hydrogen) atoms. The number of hydrogen-bond donors (Lipinski definition) is 3. The van der Waals surface area contributed by atoms with E-state index in [1.54, 1.807) is 0 Å². The van der Waals surface area contributed by atoms with E-state index in [0.29, 0.717) is 6.42 Å². The van der Waals surface area contributed by atoms with Gasteiger partial charge < -0.3 is 25.2 Å². The molecule has 0 spiro atoms. The summed E-state index contributed by atoms with van der Waals surface area (Å²) in [5.41, 5.74) is 5.32. The zero-order valence-electron chi connectivity index (χ0n) is 30.9. The highest BCUT2D eigenvalue weighted by molar-refractivity contribution is 7.47. The summed E-state index contributed by atoms with van der Waals surface area (Å²) in [5.74, 6) is -0.869. The maximum atomic E-state index is 12.5. The van der Waals surface area contributed by atoms with Crippen molar-refractivity contribution in [3.8, 4) is 0 Å². The van der Waals surface area contributed by atoms with Crippen molar-refractivity contribution < 1.29 is 42.7 Å². The first-order valence-electron chi connectivity index (χ1n) is 19.6. The fourth-order valence-corrected chi connectivity index (χ4v) is 6.36. The highest BCUT2D eigenvalue weighted by Crippen LogP contribution is 2.43. The molecule has 0 aliphatic heterocycles. The van der Waals surface area contributed by atoms with Crippen molar-refractivity contribution in [2.45, 2.75) is 199 Å². The highest BCUT2D eigenvalue weighted by Gasteiger charge is 2.26. The van der Waals surface area contributed by atoms with Gasteiger partial charge in [0.15, 0.2) is 6.10 Å². The summed E-state index contributed by atoms with van der Waals surface area (Å²) in [7, 11) is -4.38. The van der Waals surface area contributed by atoms with Crippen molar-refractivity contribution in [3.05, 3.63) is 0 Å². The third kappa shape index (κ3) is 33.5. The van der Waals surface area contributed by atoms with Gasteiger partial charge in [-0.15, -0.1) is 0 Å². The minimum absolute atomic E-state index is 0.0458. The molecule has 0 aromatic heterocycles. The quantitative estimate of drug-likeness (QED) is 0.0323. The standard InChI is InChI=1S/C37H74NO9P/c1-3-5-7-9-11-12-13-14-15-20-24-28-36(40)44-32-35(33-46-48(42,43)45-31-30-38)47-37(41)29-25-21-17-16-19-23-27-34(39)26-22-18-10-8-6-4-2/h34-35,39H,3-33,38H2,1-2H3,(H,42,43)/t34?,35-/m1/s1. The lowest BCUT2D eigenvalue weighted by Gasteiger charge is -2.19. The van der Waals surface area contributed by atoms with Crippen LogP contribution in [-0.2, 0) is 32.7 Å². The molecule has 0 bridgehead atoms. The van der Waals surface area contributed by atoms with Crippen molar-refractivity contribution in [2.75, 3.05) is 26.4 Å². The molecule has 0 aromatic carbocycles. The van der Waals surface area contributed by atoms with E-state index in [1.807, 2.05) is 0 Å². The van der Waals surface area contributed by atoms with Gasteiger partial charge in [-0.05, 0) is 25.7 Å². The monoisotopic (exact) mass is 708 g/mol. The van der Waals surface area contributed by atoms with Crippen LogP contribution < -0.4 is 5.73 Å². The number of ether oxygens (including phenoxy) is 2. The number of nitrogens with two attached hydrogens (primary N) is 1. The highest BCUT2D eigenvalue weighted by atomic mass is 31.2. The molecule has 0 amide bonds.